The maximum Gasteiger partial charge on any atom is 0.205 e. The van der Waals surface area contributed by atoms with Crippen LogP contribution in [0.3, 0.4) is 0 Å². The molecule has 5 heteroatoms. The molecule has 24 heavy (non-hydrogen) atoms. The number of aromatic amines is 1. The van der Waals surface area contributed by atoms with Crippen LogP contribution < -0.4 is 15.2 Å². The Kier molecular flexibility index (Phi) is 3.17. The molecule has 5 nitrogen and oxygen atoms in total. The highest BCUT2D eigenvalue weighted by molar-refractivity contribution is 5.88. The maximum atomic E-state index is 9.59. The molecular weight excluding hydrogens is 302 g/mol. The quantitative estimate of drug-likeness (QED) is 0.758. The summed E-state index contributed by atoms with van der Waals surface area (Å²) >= 11 is 0. The van der Waals surface area contributed by atoms with E-state index in [9.17, 15) is 5.26 Å². The average Bonchev–Trinajstić information content (AvgIpc) is 3.10. The molecule has 1 aliphatic heterocycles. The van der Waals surface area contributed by atoms with E-state index in [1.165, 1.54) is 0 Å². The fourth-order valence-corrected chi connectivity index (χ4v) is 3.19. The molecule has 0 radical (unpaired) electrons. The zero-order valence-electron chi connectivity index (χ0n) is 13.0. The number of nitriles is 1. The van der Waals surface area contributed by atoms with Gasteiger partial charge in [-0.15, -0.1) is 0 Å². The molecule has 0 saturated heterocycles. The van der Waals surface area contributed by atoms with Gasteiger partial charge in [-0.3, -0.25) is 0 Å². The van der Waals surface area contributed by atoms with Gasteiger partial charge in [0, 0.05) is 22.7 Å². The Hall–Kier alpha value is -3.39. The Morgan fingerprint density at radius 3 is 2.67 bits per heavy atom. The van der Waals surface area contributed by atoms with Gasteiger partial charge in [0.05, 0.1) is 13.0 Å². The van der Waals surface area contributed by atoms with E-state index in [1.807, 2.05) is 48.7 Å². The van der Waals surface area contributed by atoms with Gasteiger partial charge in [-0.1, -0.05) is 18.2 Å². The number of hydrogen-bond donors (Lipinski definition) is 2. The van der Waals surface area contributed by atoms with E-state index in [0.29, 0.717) is 11.3 Å². The lowest BCUT2D eigenvalue weighted by Crippen LogP contribution is -2.21. The van der Waals surface area contributed by atoms with Crippen LogP contribution in [0.4, 0.5) is 0 Å². The molecule has 2 heterocycles. The number of allylic oxidation sites excluding steroid dienone is 1. The van der Waals surface area contributed by atoms with Crippen LogP contribution in [0.25, 0.3) is 10.9 Å². The Bertz CT molecular complexity index is 994. The van der Waals surface area contributed by atoms with Crippen LogP contribution in [0.15, 0.2) is 60.1 Å². The van der Waals surface area contributed by atoms with Crippen LogP contribution in [0.5, 0.6) is 11.5 Å². The SMILES string of the molecule is COc1ccc(C2C(C#N)=C(N)Oc3c2ccc2[nH]ccc32)cc1. The van der Waals surface area contributed by atoms with Gasteiger partial charge in [0.1, 0.15) is 23.1 Å². The lowest BCUT2D eigenvalue weighted by atomic mass is 9.83. The van der Waals surface area contributed by atoms with Crippen molar-refractivity contribution in [2.45, 2.75) is 5.92 Å². The van der Waals surface area contributed by atoms with Crippen LogP contribution >= 0.6 is 0 Å². The third kappa shape index (κ3) is 2.01. The van der Waals surface area contributed by atoms with Gasteiger partial charge in [0.2, 0.25) is 5.88 Å². The lowest BCUT2D eigenvalue weighted by molar-refractivity contribution is 0.398. The van der Waals surface area contributed by atoms with Gasteiger partial charge in [-0.25, -0.2) is 0 Å². The first-order chi connectivity index (χ1) is 11.7. The van der Waals surface area contributed by atoms with Gasteiger partial charge in [-0.2, -0.15) is 5.26 Å². The van der Waals surface area contributed by atoms with Crippen LogP contribution in [0, 0.1) is 11.3 Å². The highest BCUT2D eigenvalue weighted by Crippen LogP contribution is 2.45. The van der Waals surface area contributed by atoms with Crippen molar-refractivity contribution in [3.63, 3.8) is 0 Å². The largest absolute Gasteiger partial charge is 0.497 e. The minimum Gasteiger partial charge on any atom is -0.497 e. The van der Waals surface area contributed by atoms with Crippen molar-refractivity contribution in [1.82, 2.24) is 4.98 Å². The number of fused-ring (bicyclic) bond motifs is 3. The first kappa shape index (κ1) is 14.2. The van der Waals surface area contributed by atoms with E-state index < -0.39 is 0 Å². The first-order valence-corrected chi connectivity index (χ1v) is 7.54. The summed E-state index contributed by atoms with van der Waals surface area (Å²) in [6.07, 6.45) is 1.86. The Morgan fingerprint density at radius 1 is 1.17 bits per heavy atom. The number of nitrogens with zero attached hydrogens (tertiary/aromatic N) is 1. The van der Waals surface area contributed by atoms with Crippen LogP contribution in [0.2, 0.25) is 0 Å². The summed E-state index contributed by atoms with van der Waals surface area (Å²) in [4.78, 5) is 3.16. The van der Waals surface area contributed by atoms with Gasteiger partial charge < -0.3 is 20.2 Å². The summed E-state index contributed by atoms with van der Waals surface area (Å²) in [6.45, 7) is 0. The van der Waals surface area contributed by atoms with E-state index in [4.69, 9.17) is 15.2 Å². The minimum atomic E-state index is -0.260. The molecule has 1 aliphatic rings. The van der Waals surface area contributed by atoms with Crippen LogP contribution in [0.1, 0.15) is 17.0 Å². The molecular formula is C19H15N3O2. The Balaban J connectivity index is 1.95. The lowest BCUT2D eigenvalue weighted by Gasteiger charge is -2.27. The normalized spacial score (nSPS) is 16.4. The van der Waals surface area contributed by atoms with E-state index in [0.717, 1.165) is 27.8 Å². The summed E-state index contributed by atoms with van der Waals surface area (Å²) in [5, 5.41) is 10.5. The fraction of sp³-hybridized carbons (Fsp3) is 0.105. The van der Waals surface area contributed by atoms with Crippen LogP contribution in [-0.2, 0) is 0 Å². The zero-order valence-corrected chi connectivity index (χ0v) is 13.0. The molecule has 4 rings (SSSR count). The highest BCUT2D eigenvalue weighted by atomic mass is 16.5. The number of hydrogen-bond acceptors (Lipinski definition) is 4. The molecule has 0 fully saturated rings. The van der Waals surface area contributed by atoms with E-state index in [-0.39, 0.29) is 11.8 Å². The third-order valence-corrected chi connectivity index (χ3v) is 4.36. The molecule has 0 saturated carbocycles. The minimum absolute atomic E-state index is 0.152. The Morgan fingerprint density at radius 2 is 1.96 bits per heavy atom. The van der Waals surface area contributed by atoms with Gasteiger partial charge in [0.15, 0.2) is 0 Å². The maximum absolute atomic E-state index is 9.59. The number of nitrogens with two attached hydrogens (primary N) is 1. The molecule has 0 aliphatic carbocycles. The smallest absolute Gasteiger partial charge is 0.205 e. The van der Waals surface area contributed by atoms with Crippen molar-refractivity contribution in [1.29, 1.82) is 5.26 Å². The van der Waals surface area contributed by atoms with Crippen molar-refractivity contribution in [3.8, 4) is 17.6 Å². The number of methoxy groups -OCH3 is 1. The number of rotatable bonds is 2. The molecule has 0 spiro atoms. The molecule has 118 valence electrons. The molecule has 1 aromatic heterocycles. The molecule has 2 aromatic carbocycles. The van der Waals surface area contributed by atoms with Gasteiger partial charge in [-0.05, 0) is 29.8 Å². The fourth-order valence-electron chi connectivity index (χ4n) is 3.19. The average molecular weight is 317 g/mol. The van der Waals surface area contributed by atoms with Crippen LogP contribution in [-0.4, -0.2) is 12.1 Å². The molecule has 1 unspecified atom stereocenters. The van der Waals surface area contributed by atoms with Crippen molar-refractivity contribution in [3.05, 3.63) is 71.2 Å². The second kappa shape index (κ2) is 5.36. The van der Waals surface area contributed by atoms with Crippen molar-refractivity contribution < 1.29 is 9.47 Å². The van der Waals surface area contributed by atoms with E-state index in [2.05, 4.69) is 11.1 Å². The predicted molar refractivity (Wildman–Crippen MR) is 90.6 cm³/mol. The first-order valence-electron chi connectivity index (χ1n) is 7.54. The van der Waals surface area contributed by atoms with Crippen molar-refractivity contribution in [2.24, 2.45) is 5.73 Å². The highest BCUT2D eigenvalue weighted by Gasteiger charge is 2.31. The number of H-pyrrole nitrogens is 1. The summed E-state index contributed by atoms with van der Waals surface area (Å²) in [7, 11) is 1.62. The summed E-state index contributed by atoms with van der Waals surface area (Å²) in [5.41, 5.74) is 9.33. The zero-order chi connectivity index (χ0) is 16.7. The number of nitrogens with one attached hydrogen (secondary N) is 1. The van der Waals surface area contributed by atoms with Gasteiger partial charge in [0.25, 0.3) is 0 Å². The molecule has 3 aromatic rings. The van der Waals surface area contributed by atoms with Crippen molar-refractivity contribution >= 4 is 10.9 Å². The number of ether oxygens (including phenoxy) is 2. The predicted octanol–water partition coefficient (Wildman–Crippen LogP) is 3.39. The number of benzene rings is 2. The summed E-state index contributed by atoms with van der Waals surface area (Å²) in [6, 6.07) is 15.8. The molecule has 3 N–H and O–H groups in total. The molecule has 0 amide bonds. The standard InChI is InChI=1S/C19H15N3O2/c1-23-12-4-2-11(3-5-12)17-14-6-7-16-13(8-9-22-16)18(14)24-19(21)15(17)10-20/h2-9,17,22H,21H2,1H3. The van der Waals surface area contributed by atoms with Crippen molar-refractivity contribution in [2.75, 3.05) is 7.11 Å². The summed E-state index contributed by atoms with van der Waals surface area (Å²) in [5.74, 6) is 1.36. The Labute approximate surface area is 138 Å². The second-order valence-corrected chi connectivity index (χ2v) is 5.62. The number of aromatic nitrogens is 1. The molecule has 1 atom stereocenters. The molecule has 0 bridgehead atoms. The van der Waals surface area contributed by atoms with Gasteiger partial charge >= 0.3 is 0 Å². The summed E-state index contributed by atoms with van der Waals surface area (Å²) < 4.78 is 11.0. The topological polar surface area (TPSA) is 84.1 Å². The van der Waals surface area contributed by atoms with E-state index >= 15 is 0 Å². The van der Waals surface area contributed by atoms with E-state index in [1.54, 1.807) is 7.11 Å². The third-order valence-electron chi connectivity index (χ3n) is 4.36. The second-order valence-electron chi connectivity index (χ2n) is 5.62. The monoisotopic (exact) mass is 317 g/mol.